The number of anilines is 2. The molecule has 1 amide bonds. The number of carbonyl (C=O) groups is 1. The van der Waals surface area contributed by atoms with Crippen molar-refractivity contribution in [2.24, 2.45) is 5.92 Å². The zero-order valence-electron chi connectivity index (χ0n) is 16.2. The molecule has 1 fully saturated rings. The summed E-state index contributed by atoms with van der Waals surface area (Å²) in [7, 11) is 0. The molecule has 0 aromatic heterocycles. The van der Waals surface area contributed by atoms with Gasteiger partial charge in [0, 0.05) is 12.1 Å². The molecule has 2 heterocycles. The molecule has 28 heavy (non-hydrogen) atoms. The summed E-state index contributed by atoms with van der Waals surface area (Å²) in [5.74, 6) is 1.86. The Bertz CT molecular complexity index is 832. The molecule has 2 aliphatic rings. The van der Waals surface area contributed by atoms with E-state index in [1.165, 1.54) is 5.56 Å². The number of hydrogen-bond acceptors (Lipinski definition) is 5. The molecule has 2 aliphatic heterocycles. The molecule has 1 unspecified atom stereocenters. The Labute approximate surface area is 165 Å². The lowest BCUT2D eigenvalue weighted by Gasteiger charge is -2.35. The lowest BCUT2D eigenvalue weighted by molar-refractivity contribution is -0.121. The molecule has 6 nitrogen and oxygen atoms in total. The highest BCUT2D eigenvalue weighted by Gasteiger charge is 2.27. The second kappa shape index (κ2) is 8.10. The topological polar surface area (TPSA) is 76.8 Å². The van der Waals surface area contributed by atoms with Crippen molar-refractivity contribution in [2.45, 2.75) is 32.2 Å². The van der Waals surface area contributed by atoms with Crippen LogP contribution in [0.4, 0.5) is 11.4 Å². The van der Waals surface area contributed by atoms with E-state index in [-0.39, 0.29) is 18.7 Å². The van der Waals surface area contributed by atoms with E-state index in [0.29, 0.717) is 28.8 Å². The smallest absolute Gasteiger partial charge is 0.241 e. The van der Waals surface area contributed by atoms with Crippen molar-refractivity contribution in [3.63, 3.8) is 0 Å². The van der Waals surface area contributed by atoms with Crippen LogP contribution in [0.1, 0.15) is 25.3 Å². The third-order valence-electron chi connectivity index (χ3n) is 5.75. The average Bonchev–Trinajstić information content (AvgIpc) is 3.16. The zero-order valence-corrected chi connectivity index (χ0v) is 16.2. The lowest BCUT2D eigenvalue weighted by Crippen LogP contribution is -2.46. The maximum atomic E-state index is 12.8. The number of hydrogen-bond donors (Lipinski definition) is 2. The van der Waals surface area contributed by atoms with Gasteiger partial charge in [-0.15, -0.1) is 0 Å². The number of likely N-dealkylation sites (tertiary alicyclic amines) is 1. The van der Waals surface area contributed by atoms with Gasteiger partial charge in [0.2, 0.25) is 12.7 Å². The first-order valence-corrected chi connectivity index (χ1v) is 9.88. The van der Waals surface area contributed by atoms with Crippen molar-refractivity contribution >= 4 is 17.3 Å². The largest absolute Gasteiger partial charge is 0.454 e. The Hall–Kier alpha value is -2.73. The van der Waals surface area contributed by atoms with Gasteiger partial charge in [0.05, 0.1) is 17.4 Å². The van der Waals surface area contributed by atoms with E-state index in [1.807, 2.05) is 6.92 Å². The molecule has 2 aromatic carbocycles. The van der Waals surface area contributed by atoms with Crippen molar-refractivity contribution in [2.75, 3.05) is 30.9 Å². The van der Waals surface area contributed by atoms with E-state index in [2.05, 4.69) is 40.5 Å². The van der Waals surface area contributed by atoms with Gasteiger partial charge < -0.3 is 20.5 Å². The second-order valence-electron chi connectivity index (χ2n) is 7.63. The minimum atomic E-state index is -0.206. The summed E-state index contributed by atoms with van der Waals surface area (Å²) in [6, 6.07) is 13.8. The molecule has 148 valence electrons. The Balaban J connectivity index is 1.31. The fourth-order valence-electron chi connectivity index (χ4n) is 3.96. The molecule has 0 radical (unpaired) electrons. The highest BCUT2D eigenvalue weighted by atomic mass is 16.7. The Morgan fingerprint density at radius 2 is 1.86 bits per heavy atom. The van der Waals surface area contributed by atoms with E-state index in [9.17, 15) is 4.79 Å². The number of amides is 1. The highest BCUT2D eigenvalue weighted by molar-refractivity contribution is 5.97. The molecule has 2 aromatic rings. The molecule has 0 bridgehead atoms. The number of rotatable bonds is 5. The number of fused-ring (bicyclic) bond motifs is 1. The van der Waals surface area contributed by atoms with Crippen LogP contribution >= 0.6 is 0 Å². The molecule has 1 atom stereocenters. The van der Waals surface area contributed by atoms with Gasteiger partial charge >= 0.3 is 0 Å². The van der Waals surface area contributed by atoms with E-state index >= 15 is 0 Å². The van der Waals surface area contributed by atoms with Crippen LogP contribution in [0.25, 0.3) is 0 Å². The number of benzene rings is 2. The Morgan fingerprint density at radius 3 is 2.57 bits per heavy atom. The van der Waals surface area contributed by atoms with Gasteiger partial charge in [-0.25, -0.2) is 0 Å². The summed E-state index contributed by atoms with van der Waals surface area (Å²) in [4.78, 5) is 15.0. The fraction of sp³-hybridized carbons (Fsp3) is 0.409. The van der Waals surface area contributed by atoms with Gasteiger partial charge in [-0.1, -0.05) is 30.3 Å². The first-order chi connectivity index (χ1) is 13.6. The number of nitrogen functional groups attached to an aromatic ring is 1. The summed E-state index contributed by atoms with van der Waals surface area (Å²) < 4.78 is 10.7. The second-order valence-corrected chi connectivity index (χ2v) is 7.63. The SMILES string of the molecule is CC(C(=O)Nc1cc2c(cc1N)OCO2)N1CCC(Cc2ccccc2)CC1. The Kier molecular flexibility index (Phi) is 5.39. The predicted octanol–water partition coefficient (Wildman–Crippen LogP) is 3.28. The third kappa shape index (κ3) is 4.07. The van der Waals surface area contributed by atoms with E-state index in [4.69, 9.17) is 15.2 Å². The maximum Gasteiger partial charge on any atom is 0.241 e. The molecule has 0 aliphatic carbocycles. The van der Waals surface area contributed by atoms with E-state index < -0.39 is 0 Å². The van der Waals surface area contributed by atoms with Crippen LogP contribution in [0.2, 0.25) is 0 Å². The first-order valence-electron chi connectivity index (χ1n) is 9.88. The zero-order chi connectivity index (χ0) is 19.5. The van der Waals surface area contributed by atoms with Gasteiger partial charge in [0.1, 0.15) is 0 Å². The van der Waals surface area contributed by atoms with Crippen molar-refractivity contribution in [1.82, 2.24) is 4.90 Å². The molecular formula is C22H27N3O3. The lowest BCUT2D eigenvalue weighted by atomic mass is 9.89. The van der Waals surface area contributed by atoms with Crippen molar-refractivity contribution < 1.29 is 14.3 Å². The van der Waals surface area contributed by atoms with Gasteiger partial charge in [-0.2, -0.15) is 0 Å². The molecule has 3 N–H and O–H groups in total. The number of nitrogens with zero attached hydrogens (tertiary/aromatic N) is 1. The number of nitrogens with one attached hydrogen (secondary N) is 1. The van der Waals surface area contributed by atoms with Crippen LogP contribution in [-0.4, -0.2) is 36.7 Å². The highest BCUT2D eigenvalue weighted by Crippen LogP contribution is 2.38. The van der Waals surface area contributed by atoms with Gasteiger partial charge in [0.25, 0.3) is 0 Å². The minimum absolute atomic E-state index is 0.0490. The number of nitrogens with two attached hydrogens (primary N) is 1. The van der Waals surface area contributed by atoms with Crippen LogP contribution in [0.15, 0.2) is 42.5 Å². The summed E-state index contributed by atoms with van der Waals surface area (Å²) in [5.41, 5.74) is 8.49. The standard InChI is InChI=1S/C22H27N3O3/c1-15(22(26)24-19-13-21-20(12-18(19)23)27-14-28-21)25-9-7-17(8-10-25)11-16-5-3-2-4-6-16/h2-6,12-13,15,17H,7-11,14,23H2,1H3,(H,24,26). The molecule has 6 heteroatoms. The number of ether oxygens (including phenoxy) is 2. The van der Waals surface area contributed by atoms with Crippen LogP contribution in [0, 0.1) is 5.92 Å². The number of piperidine rings is 1. The third-order valence-corrected chi connectivity index (χ3v) is 5.75. The number of carbonyl (C=O) groups excluding carboxylic acids is 1. The van der Waals surface area contributed by atoms with E-state index in [0.717, 1.165) is 32.4 Å². The van der Waals surface area contributed by atoms with Gasteiger partial charge in [-0.3, -0.25) is 9.69 Å². The summed E-state index contributed by atoms with van der Waals surface area (Å²) >= 11 is 0. The molecule has 0 spiro atoms. The van der Waals surface area contributed by atoms with Crippen LogP contribution < -0.4 is 20.5 Å². The fourth-order valence-corrected chi connectivity index (χ4v) is 3.96. The normalized spacial score (nSPS) is 18.0. The van der Waals surface area contributed by atoms with Crippen molar-refractivity contribution in [3.8, 4) is 11.5 Å². The molecular weight excluding hydrogens is 354 g/mol. The Morgan fingerprint density at radius 1 is 1.18 bits per heavy atom. The summed E-state index contributed by atoms with van der Waals surface area (Å²) in [6.45, 7) is 4.00. The quantitative estimate of drug-likeness (QED) is 0.778. The van der Waals surface area contributed by atoms with E-state index in [1.54, 1.807) is 12.1 Å². The molecule has 0 saturated carbocycles. The van der Waals surface area contributed by atoms with Crippen LogP contribution in [-0.2, 0) is 11.2 Å². The van der Waals surface area contributed by atoms with Crippen LogP contribution in [0.3, 0.4) is 0 Å². The van der Waals surface area contributed by atoms with Crippen molar-refractivity contribution in [3.05, 3.63) is 48.0 Å². The van der Waals surface area contributed by atoms with Gasteiger partial charge in [0.15, 0.2) is 11.5 Å². The van der Waals surface area contributed by atoms with Gasteiger partial charge in [-0.05, 0) is 50.8 Å². The monoisotopic (exact) mass is 381 g/mol. The maximum absolute atomic E-state index is 12.8. The van der Waals surface area contributed by atoms with Crippen molar-refractivity contribution in [1.29, 1.82) is 0 Å². The average molecular weight is 381 g/mol. The summed E-state index contributed by atoms with van der Waals surface area (Å²) in [5, 5.41) is 2.95. The van der Waals surface area contributed by atoms with Crippen LogP contribution in [0.5, 0.6) is 11.5 Å². The first kappa shape index (κ1) is 18.6. The molecule has 4 rings (SSSR count). The summed E-state index contributed by atoms with van der Waals surface area (Å²) in [6.07, 6.45) is 3.33. The predicted molar refractivity (Wildman–Crippen MR) is 110 cm³/mol. The molecule has 1 saturated heterocycles. The minimum Gasteiger partial charge on any atom is -0.454 e.